The zero-order valence-electron chi connectivity index (χ0n) is 19.5. The number of rotatable bonds is 10. The SMILES string of the molecule is CCN(CC)c1ccc2c(C#N)c(-c3nc4ccc(SN(CCO)CCO)cc4s3)c(=O)oc2c1. The number of aliphatic hydroxyl groups excluding tert-OH is 2. The lowest BCUT2D eigenvalue weighted by Gasteiger charge is -2.21. The molecule has 0 atom stereocenters. The molecule has 0 aliphatic rings. The maximum absolute atomic E-state index is 13.0. The van der Waals surface area contributed by atoms with Gasteiger partial charge in [-0.3, -0.25) is 0 Å². The van der Waals surface area contributed by atoms with Gasteiger partial charge in [-0.1, -0.05) is 0 Å². The van der Waals surface area contributed by atoms with Gasteiger partial charge in [-0.05, 0) is 56.1 Å². The predicted octanol–water partition coefficient (Wildman–Crippen LogP) is 4.08. The monoisotopic (exact) mass is 510 g/mol. The van der Waals surface area contributed by atoms with Gasteiger partial charge in [0.25, 0.3) is 0 Å². The van der Waals surface area contributed by atoms with Gasteiger partial charge in [-0.2, -0.15) is 5.26 Å². The van der Waals surface area contributed by atoms with E-state index in [9.17, 15) is 20.3 Å². The minimum atomic E-state index is -0.587. The summed E-state index contributed by atoms with van der Waals surface area (Å²) in [5, 5.41) is 29.5. The minimum absolute atomic E-state index is 0.00889. The number of nitriles is 1. The van der Waals surface area contributed by atoms with Crippen molar-refractivity contribution >= 4 is 50.2 Å². The van der Waals surface area contributed by atoms with Crippen LogP contribution in [-0.4, -0.2) is 58.9 Å². The second kappa shape index (κ2) is 11.2. The van der Waals surface area contributed by atoms with Crippen LogP contribution in [0.1, 0.15) is 19.4 Å². The fourth-order valence-electron chi connectivity index (χ4n) is 3.93. The highest BCUT2D eigenvalue weighted by atomic mass is 32.2. The van der Waals surface area contributed by atoms with E-state index in [0.29, 0.717) is 34.6 Å². The standard InChI is InChI=1S/C25H26N4O4S2/c1-3-28(4-2)16-5-7-18-19(15-26)23(25(32)33-21(18)13-16)24-27-20-8-6-17(14-22(20)34-24)35-29(9-11-30)10-12-31/h5-8,13-14,30-31H,3-4,9-12H2,1-2H3. The second-order valence-electron chi connectivity index (χ2n) is 7.72. The molecule has 2 N–H and O–H groups in total. The van der Waals surface area contributed by atoms with Crippen LogP contribution in [0.3, 0.4) is 0 Å². The van der Waals surface area contributed by atoms with Gasteiger partial charge >= 0.3 is 5.63 Å². The molecule has 4 rings (SSSR count). The Morgan fingerprint density at radius 1 is 1.11 bits per heavy atom. The fraction of sp³-hybridized carbons (Fsp3) is 0.320. The van der Waals surface area contributed by atoms with Gasteiger partial charge in [-0.25, -0.2) is 14.1 Å². The zero-order valence-corrected chi connectivity index (χ0v) is 21.2. The van der Waals surface area contributed by atoms with Gasteiger partial charge < -0.3 is 19.5 Å². The summed E-state index contributed by atoms with van der Waals surface area (Å²) in [4.78, 5) is 20.7. The molecule has 0 unspecified atom stereocenters. The van der Waals surface area contributed by atoms with E-state index in [4.69, 9.17) is 4.42 Å². The summed E-state index contributed by atoms with van der Waals surface area (Å²) in [7, 11) is 0. The third-order valence-corrected chi connectivity index (χ3v) is 7.76. The summed E-state index contributed by atoms with van der Waals surface area (Å²) in [6, 6.07) is 13.5. The molecule has 182 valence electrons. The molecule has 0 bridgehead atoms. The molecule has 2 aromatic carbocycles. The van der Waals surface area contributed by atoms with E-state index in [1.165, 1.54) is 23.3 Å². The smallest absolute Gasteiger partial charge is 0.348 e. The van der Waals surface area contributed by atoms with Crippen molar-refractivity contribution in [1.29, 1.82) is 5.26 Å². The van der Waals surface area contributed by atoms with Crippen LogP contribution in [0.2, 0.25) is 0 Å². The van der Waals surface area contributed by atoms with Gasteiger partial charge in [0.1, 0.15) is 22.2 Å². The number of aliphatic hydroxyl groups is 2. The van der Waals surface area contributed by atoms with Crippen molar-refractivity contribution in [2.24, 2.45) is 0 Å². The van der Waals surface area contributed by atoms with Gasteiger partial charge in [0, 0.05) is 48.2 Å². The van der Waals surface area contributed by atoms with Crippen LogP contribution >= 0.6 is 23.3 Å². The van der Waals surface area contributed by atoms with Gasteiger partial charge in [0.15, 0.2) is 0 Å². The Morgan fingerprint density at radius 3 is 2.51 bits per heavy atom. The highest BCUT2D eigenvalue weighted by Crippen LogP contribution is 2.36. The van der Waals surface area contributed by atoms with Crippen LogP contribution < -0.4 is 10.5 Å². The van der Waals surface area contributed by atoms with Crippen molar-refractivity contribution < 1.29 is 14.6 Å². The highest BCUT2D eigenvalue weighted by Gasteiger charge is 2.21. The van der Waals surface area contributed by atoms with E-state index >= 15 is 0 Å². The van der Waals surface area contributed by atoms with Crippen molar-refractivity contribution in [3.63, 3.8) is 0 Å². The van der Waals surface area contributed by atoms with Gasteiger partial charge in [0.05, 0.1) is 29.0 Å². The normalized spacial score (nSPS) is 11.4. The summed E-state index contributed by atoms with van der Waals surface area (Å²) >= 11 is 2.76. The first kappa shape index (κ1) is 25.2. The summed E-state index contributed by atoms with van der Waals surface area (Å²) in [5.41, 5.74) is 1.87. The lowest BCUT2D eigenvalue weighted by molar-refractivity contribution is 0.226. The number of fused-ring (bicyclic) bond motifs is 2. The summed E-state index contributed by atoms with van der Waals surface area (Å²) in [5.74, 6) is 0. The predicted molar refractivity (Wildman–Crippen MR) is 141 cm³/mol. The number of nitrogens with zero attached hydrogens (tertiary/aromatic N) is 4. The number of aromatic nitrogens is 1. The number of hydrogen-bond donors (Lipinski definition) is 2. The first-order valence-electron chi connectivity index (χ1n) is 11.3. The molecule has 0 saturated heterocycles. The van der Waals surface area contributed by atoms with Crippen molar-refractivity contribution in [1.82, 2.24) is 9.29 Å². The first-order valence-corrected chi connectivity index (χ1v) is 12.9. The summed E-state index contributed by atoms with van der Waals surface area (Å²) in [6.07, 6.45) is 0. The van der Waals surface area contributed by atoms with E-state index in [1.54, 1.807) is 6.07 Å². The Bertz CT molecular complexity index is 1430. The molecule has 4 aromatic rings. The summed E-state index contributed by atoms with van der Waals surface area (Å²) in [6.45, 7) is 6.59. The molecule has 35 heavy (non-hydrogen) atoms. The number of benzene rings is 2. The topological polar surface area (TPSA) is 114 Å². The fourth-order valence-corrected chi connectivity index (χ4v) is 5.99. The molecule has 0 radical (unpaired) electrons. The van der Waals surface area contributed by atoms with E-state index in [0.717, 1.165) is 28.4 Å². The Morgan fingerprint density at radius 2 is 1.86 bits per heavy atom. The Balaban J connectivity index is 1.76. The molecule has 2 aromatic heterocycles. The molecule has 0 fully saturated rings. The van der Waals surface area contributed by atoms with Gasteiger partial charge in [-0.15, -0.1) is 11.3 Å². The molecular weight excluding hydrogens is 484 g/mol. The Labute approximate surface area is 211 Å². The molecule has 0 saturated carbocycles. The van der Waals surface area contributed by atoms with Crippen LogP contribution in [0.4, 0.5) is 5.69 Å². The third-order valence-electron chi connectivity index (χ3n) is 5.64. The minimum Gasteiger partial charge on any atom is -0.422 e. The van der Waals surface area contributed by atoms with Crippen molar-refractivity contribution in [3.8, 4) is 16.6 Å². The molecule has 0 spiro atoms. The lowest BCUT2D eigenvalue weighted by Crippen LogP contribution is -2.22. The number of thiazole rings is 1. The van der Waals surface area contributed by atoms with Gasteiger partial charge in [0.2, 0.25) is 0 Å². The second-order valence-corrected chi connectivity index (χ2v) is 9.92. The average Bonchev–Trinajstić information content (AvgIpc) is 3.27. The van der Waals surface area contributed by atoms with Crippen LogP contribution in [-0.2, 0) is 0 Å². The van der Waals surface area contributed by atoms with E-state index in [2.05, 4.69) is 29.8 Å². The maximum atomic E-state index is 13.0. The van der Waals surface area contributed by atoms with E-state index in [-0.39, 0.29) is 24.3 Å². The molecule has 10 heteroatoms. The number of anilines is 1. The molecule has 0 amide bonds. The molecule has 0 aliphatic carbocycles. The quantitative estimate of drug-likeness (QED) is 0.241. The largest absolute Gasteiger partial charge is 0.422 e. The zero-order chi connectivity index (χ0) is 24.9. The Kier molecular flexibility index (Phi) is 8.05. The Hall–Kier alpha value is -2.94. The number of hydrogen-bond acceptors (Lipinski definition) is 10. The van der Waals surface area contributed by atoms with Crippen molar-refractivity contribution in [2.45, 2.75) is 18.7 Å². The maximum Gasteiger partial charge on any atom is 0.348 e. The van der Waals surface area contributed by atoms with Crippen LogP contribution in [0.15, 0.2) is 50.5 Å². The first-order chi connectivity index (χ1) is 17.0. The van der Waals surface area contributed by atoms with E-state index in [1.807, 2.05) is 34.6 Å². The van der Waals surface area contributed by atoms with Crippen LogP contribution in [0.5, 0.6) is 0 Å². The molecule has 8 nitrogen and oxygen atoms in total. The van der Waals surface area contributed by atoms with Crippen molar-refractivity contribution in [2.75, 3.05) is 44.3 Å². The van der Waals surface area contributed by atoms with Crippen LogP contribution in [0, 0.1) is 11.3 Å². The van der Waals surface area contributed by atoms with Crippen LogP contribution in [0.25, 0.3) is 31.8 Å². The average molecular weight is 511 g/mol. The molecular formula is C25H26N4O4S2. The van der Waals surface area contributed by atoms with Crippen molar-refractivity contribution in [3.05, 3.63) is 52.4 Å². The van der Waals surface area contributed by atoms with E-state index < -0.39 is 5.63 Å². The summed E-state index contributed by atoms with van der Waals surface area (Å²) < 4.78 is 8.41. The molecule has 2 heterocycles. The highest BCUT2D eigenvalue weighted by molar-refractivity contribution is 7.97. The third kappa shape index (κ3) is 5.19. The molecule has 0 aliphatic heterocycles. The lowest BCUT2D eigenvalue weighted by atomic mass is 10.1.